The fourth-order valence-corrected chi connectivity index (χ4v) is 5.05. The average molecular weight is 596 g/mol. The van der Waals surface area contributed by atoms with E-state index in [-0.39, 0.29) is 30.6 Å². The number of anilines is 3. The molecule has 4 rings (SSSR count). The molecule has 3 aromatic carbocycles. The first-order chi connectivity index (χ1) is 17.0. The van der Waals surface area contributed by atoms with Gasteiger partial charge >= 0.3 is 0 Å². The molecule has 2 atom stereocenters. The van der Waals surface area contributed by atoms with Crippen molar-refractivity contribution < 1.29 is 18.3 Å². The lowest BCUT2D eigenvalue weighted by Crippen LogP contribution is -2.17. The normalized spacial score (nSPS) is 18.1. The maximum absolute atomic E-state index is 13.9. The van der Waals surface area contributed by atoms with E-state index in [9.17, 15) is 13.6 Å². The first kappa shape index (κ1) is 27.0. The summed E-state index contributed by atoms with van der Waals surface area (Å²) in [6, 6.07) is 11.6. The molecule has 1 unspecified atom stereocenters. The minimum Gasteiger partial charge on any atom is -0.396 e. The van der Waals surface area contributed by atoms with Gasteiger partial charge in [0, 0.05) is 28.8 Å². The van der Waals surface area contributed by atoms with Gasteiger partial charge in [-0.2, -0.15) is 0 Å². The monoisotopic (exact) mass is 593 g/mol. The molecule has 5 nitrogen and oxygen atoms in total. The lowest BCUT2D eigenvalue weighted by Gasteiger charge is -2.12. The number of hydrogen-bond donors (Lipinski definition) is 3. The van der Waals surface area contributed by atoms with Gasteiger partial charge in [-0.25, -0.2) is 8.78 Å². The van der Waals surface area contributed by atoms with Crippen molar-refractivity contribution in [2.75, 3.05) is 23.1 Å². The zero-order valence-electron chi connectivity index (χ0n) is 18.2. The molecule has 1 aliphatic rings. The van der Waals surface area contributed by atoms with Gasteiger partial charge in [0.05, 0.1) is 33.9 Å². The van der Waals surface area contributed by atoms with Gasteiger partial charge in [0.1, 0.15) is 22.7 Å². The third kappa shape index (κ3) is 5.77. The predicted octanol–water partition coefficient (Wildman–Crippen LogP) is 7.62. The van der Waals surface area contributed by atoms with Crippen LogP contribution in [-0.4, -0.2) is 17.0 Å². The Hall–Kier alpha value is -2.00. The Labute approximate surface area is 230 Å². The molecule has 1 fully saturated rings. The van der Waals surface area contributed by atoms with Crippen LogP contribution >= 0.6 is 58.0 Å². The van der Waals surface area contributed by atoms with Crippen LogP contribution in [0.25, 0.3) is 0 Å². The van der Waals surface area contributed by atoms with Gasteiger partial charge in [0.25, 0.3) is 0 Å². The molecule has 0 radical (unpaired) electrons. The molecule has 0 aliphatic heterocycles. The van der Waals surface area contributed by atoms with E-state index in [4.69, 9.17) is 68.5 Å². The number of carbonyl (C=O) groups is 1. The van der Waals surface area contributed by atoms with Crippen molar-refractivity contribution in [2.45, 2.75) is 16.9 Å². The topological polar surface area (TPSA) is 76.4 Å². The number of nitrogen functional groups attached to an aromatic ring is 1. The number of halogens is 7. The molecule has 1 aliphatic carbocycles. The molecule has 36 heavy (non-hydrogen) atoms. The number of nitrogens with two attached hydrogens (primary N) is 1. The molecule has 190 valence electrons. The Morgan fingerprint density at radius 3 is 2.42 bits per heavy atom. The molecule has 3 aromatic rings. The number of alkyl halides is 2. The maximum atomic E-state index is 13.9. The average Bonchev–Trinajstić information content (AvgIpc) is 3.40. The van der Waals surface area contributed by atoms with E-state index in [0.29, 0.717) is 31.9 Å². The highest BCUT2D eigenvalue weighted by Gasteiger charge is 2.67. The molecular weight excluding hydrogens is 578 g/mol. The fourth-order valence-electron chi connectivity index (χ4n) is 3.74. The van der Waals surface area contributed by atoms with Crippen LogP contribution in [-0.2, 0) is 16.1 Å². The molecule has 0 heterocycles. The Bertz CT molecular complexity index is 1330. The summed E-state index contributed by atoms with van der Waals surface area (Å²) in [6.45, 7) is -0.111. The van der Waals surface area contributed by atoms with E-state index < -0.39 is 27.8 Å². The molecule has 1 amide bonds. The van der Waals surface area contributed by atoms with Crippen molar-refractivity contribution in [3.8, 4) is 0 Å². The number of hydrogen-bond acceptors (Lipinski definition) is 4. The minimum atomic E-state index is -1.30. The zero-order valence-corrected chi connectivity index (χ0v) is 22.0. The molecule has 0 saturated heterocycles. The van der Waals surface area contributed by atoms with Crippen LogP contribution in [0, 0.1) is 17.6 Å². The van der Waals surface area contributed by atoms with Gasteiger partial charge in [-0.15, -0.1) is 23.2 Å². The van der Waals surface area contributed by atoms with Crippen molar-refractivity contribution in [1.82, 2.24) is 0 Å². The summed E-state index contributed by atoms with van der Waals surface area (Å²) in [5.41, 5.74) is 6.64. The molecule has 4 N–H and O–H groups in total. The van der Waals surface area contributed by atoms with Crippen LogP contribution in [0.5, 0.6) is 0 Å². The largest absolute Gasteiger partial charge is 0.396 e. The number of rotatable bonds is 8. The minimum absolute atomic E-state index is 0.0267. The molecule has 0 spiro atoms. The lowest BCUT2D eigenvalue weighted by molar-refractivity contribution is -0.117. The highest BCUT2D eigenvalue weighted by Crippen LogP contribution is 2.65. The van der Waals surface area contributed by atoms with Crippen molar-refractivity contribution in [1.29, 1.82) is 0 Å². The molecule has 0 bridgehead atoms. The summed E-state index contributed by atoms with van der Waals surface area (Å²) >= 11 is 31.1. The van der Waals surface area contributed by atoms with Gasteiger partial charge in [-0.05, 0) is 41.5 Å². The first-order valence-corrected chi connectivity index (χ1v) is 12.4. The summed E-state index contributed by atoms with van der Waals surface area (Å²) in [6.07, 6.45) is 0. The summed E-state index contributed by atoms with van der Waals surface area (Å²) in [7, 11) is 0. The van der Waals surface area contributed by atoms with Crippen molar-refractivity contribution >= 4 is 81.0 Å². The Morgan fingerprint density at radius 1 is 0.972 bits per heavy atom. The molecule has 12 heteroatoms. The van der Waals surface area contributed by atoms with Gasteiger partial charge in [-0.1, -0.05) is 40.9 Å². The number of benzene rings is 3. The number of carbonyl (C=O) groups excluding carboxylic acids is 1. The van der Waals surface area contributed by atoms with E-state index in [0.717, 1.165) is 12.1 Å². The number of amides is 1. The van der Waals surface area contributed by atoms with E-state index in [1.54, 1.807) is 36.4 Å². The highest BCUT2D eigenvalue weighted by molar-refractivity contribution is 6.53. The second-order valence-corrected chi connectivity index (χ2v) is 10.8. The standard InChI is InChI=1S/C24H18Cl5F2N3O2/c25-14-4-2-13(5-12(14)9-36-10-33-20-8-17(30)19(32)7-18(20)31)34-23(35)22-21(24(22,28)29)11-1-3-15(26)16(27)6-11/h1-8,21-22,33H,9-10,32H2,(H,34,35)/t21-,22?/m0/s1. The summed E-state index contributed by atoms with van der Waals surface area (Å²) in [4.78, 5) is 12.9. The highest BCUT2D eigenvalue weighted by atomic mass is 35.5. The second kappa shape index (κ2) is 10.8. The van der Waals surface area contributed by atoms with E-state index in [2.05, 4.69) is 10.6 Å². The SMILES string of the molecule is Nc1cc(F)c(NCOCc2cc(NC(=O)C3[C@H](c4ccc(Cl)c(Cl)c4)C3(Cl)Cl)ccc2Cl)cc1F. The van der Waals surface area contributed by atoms with E-state index in [1.807, 2.05) is 0 Å². The molecule has 0 aromatic heterocycles. The number of nitrogens with one attached hydrogen (secondary N) is 2. The zero-order chi connectivity index (χ0) is 26.2. The van der Waals surface area contributed by atoms with E-state index >= 15 is 0 Å². The van der Waals surface area contributed by atoms with Gasteiger partial charge < -0.3 is 21.1 Å². The Kier molecular flexibility index (Phi) is 8.10. The van der Waals surface area contributed by atoms with Crippen molar-refractivity contribution in [3.63, 3.8) is 0 Å². The van der Waals surface area contributed by atoms with Crippen molar-refractivity contribution in [2.24, 2.45) is 5.92 Å². The van der Waals surface area contributed by atoms with Crippen LogP contribution in [0.3, 0.4) is 0 Å². The third-order valence-corrected chi connectivity index (χ3v) is 7.71. The van der Waals surface area contributed by atoms with Gasteiger partial charge in [-0.3, -0.25) is 4.79 Å². The van der Waals surface area contributed by atoms with Gasteiger partial charge in [0.2, 0.25) is 5.91 Å². The van der Waals surface area contributed by atoms with Crippen molar-refractivity contribution in [3.05, 3.63) is 86.4 Å². The predicted molar refractivity (Wildman–Crippen MR) is 141 cm³/mol. The smallest absolute Gasteiger partial charge is 0.231 e. The quantitative estimate of drug-likeness (QED) is 0.108. The van der Waals surface area contributed by atoms with E-state index in [1.165, 1.54) is 0 Å². The fraction of sp³-hybridized carbons (Fsp3) is 0.208. The number of ether oxygens (including phenoxy) is 1. The summed E-state index contributed by atoms with van der Waals surface area (Å²) in [5, 5.41) is 6.53. The third-order valence-electron chi connectivity index (χ3n) is 5.66. The lowest BCUT2D eigenvalue weighted by atomic mass is 10.1. The maximum Gasteiger partial charge on any atom is 0.231 e. The Balaban J connectivity index is 1.37. The second-order valence-electron chi connectivity index (χ2n) is 8.12. The van der Waals surface area contributed by atoms with Crippen LogP contribution < -0.4 is 16.4 Å². The first-order valence-electron chi connectivity index (χ1n) is 10.5. The molecule has 1 saturated carbocycles. The molecular formula is C24H18Cl5F2N3O2. The van der Waals surface area contributed by atoms with Crippen LogP contribution in [0.2, 0.25) is 15.1 Å². The van der Waals surface area contributed by atoms with Crippen LogP contribution in [0.1, 0.15) is 17.0 Å². The summed E-state index contributed by atoms with van der Waals surface area (Å²) in [5.74, 6) is -3.02. The Morgan fingerprint density at radius 2 is 1.69 bits per heavy atom. The summed E-state index contributed by atoms with van der Waals surface area (Å²) < 4.78 is 31.6. The van der Waals surface area contributed by atoms with Crippen LogP contribution in [0.4, 0.5) is 25.8 Å². The van der Waals surface area contributed by atoms with Crippen LogP contribution in [0.15, 0.2) is 48.5 Å². The van der Waals surface area contributed by atoms with Gasteiger partial charge in [0.15, 0.2) is 0 Å².